The summed E-state index contributed by atoms with van der Waals surface area (Å²) in [6.07, 6.45) is 1.70. The third kappa shape index (κ3) is 5.58. The van der Waals surface area contributed by atoms with Crippen molar-refractivity contribution < 1.29 is 28.2 Å². The minimum Gasteiger partial charge on any atom is -0.444 e. The predicted molar refractivity (Wildman–Crippen MR) is 120 cm³/mol. The van der Waals surface area contributed by atoms with Crippen molar-refractivity contribution >= 4 is 17.9 Å². The Morgan fingerprint density at radius 2 is 1.94 bits per heavy atom. The van der Waals surface area contributed by atoms with E-state index in [1.165, 1.54) is 17.0 Å². The van der Waals surface area contributed by atoms with Gasteiger partial charge in [0.1, 0.15) is 17.1 Å². The zero-order chi connectivity index (χ0) is 24.3. The topological polar surface area (TPSA) is 103 Å². The summed E-state index contributed by atoms with van der Waals surface area (Å²) < 4.78 is 31.2. The van der Waals surface area contributed by atoms with Gasteiger partial charge in [-0.3, -0.25) is 10.2 Å². The van der Waals surface area contributed by atoms with Crippen LogP contribution in [0, 0.1) is 5.82 Å². The number of anilines is 1. The van der Waals surface area contributed by atoms with Crippen LogP contribution >= 0.6 is 0 Å². The summed E-state index contributed by atoms with van der Waals surface area (Å²) in [6.45, 7) is 5.29. The molecule has 3 aromatic rings. The first-order valence-corrected chi connectivity index (χ1v) is 10.5. The molecule has 0 aliphatic carbocycles. The first-order valence-electron chi connectivity index (χ1n) is 10.5. The molecule has 176 valence electrons. The molecule has 2 amide bonds. The van der Waals surface area contributed by atoms with Crippen LogP contribution in [0.25, 0.3) is 0 Å². The number of carbonyl (C=O) groups excluding carboxylic acids is 2. The summed E-state index contributed by atoms with van der Waals surface area (Å²) in [5, 5.41) is 2.40. The molecule has 1 aliphatic rings. The molecule has 1 N–H and O–H groups in total. The average Bonchev–Trinajstić information content (AvgIpc) is 2.76. The maximum atomic E-state index is 15.0. The van der Waals surface area contributed by atoms with Gasteiger partial charge in [-0.1, -0.05) is 12.1 Å². The summed E-state index contributed by atoms with van der Waals surface area (Å²) in [5.74, 6) is 0.104. The molecule has 2 aromatic carbocycles. The van der Waals surface area contributed by atoms with Crippen LogP contribution < -0.4 is 14.8 Å². The van der Waals surface area contributed by atoms with E-state index in [9.17, 15) is 9.59 Å². The van der Waals surface area contributed by atoms with Gasteiger partial charge in [0.2, 0.25) is 0 Å². The minimum atomic E-state index is -0.770. The Balaban J connectivity index is 1.46. The highest BCUT2D eigenvalue weighted by atomic mass is 19.1. The van der Waals surface area contributed by atoms with Crippen molar-refractivity contribution in [3.05, 3.63) is 71.8 Å². The molecule has 0 bridgehead atoms. The van der Waals surface area contributed by atoms with Crippen molar-refractivity contribution in [2.24, 2.45) is 0 Å². The van der Waals surface area contributed by atoms with Crippen LogP contribution in [0.2, 0.25) is 0 Å². The Bertz CT molecular complexity index is 1210. The molecule has 0 spiro atoms. The molecule has 1 aromatic heterocycles. The highest BCUT2D eigenvalue weighted by Gasteiger charge is 2.27. The van der Waals surface area contributed by atoms with Crippen molar-refractivity contribution in [1.29, 1.82) is 0 Å². The Hall–Kier alpha value is -4.21. The summed E-state index contributed by atoms with van der Waals surface area (Å²) in [7, 11) is 0. The molecule has 0 unspecified atom stereocenters. The fourth-order valence-electron chi connectivity index (χ4n) is 3.23. The molecule has 0 saturated carbocycles. The third-order valence-electron chi connectivity index (χ3n) is 4.68. The van der Waals surface area contributed by atoms with Gasteiger partial charge in [0, 0.05) is 29.6 Å². The lowest BCUT2D eigenvalue weighted by molar-refractivity contribution is 0.0635. The lowest BCUT2D eigenvalue weighted by Gasteiger charge is -2.28. The molecule has 4 rings (SSSR count). The number of benzene rings is 2. The van der Waals surface area contributed by atoms with Crippen molar-refractivity contribution in [3.63, 3.8) is 0 Å². The maximum Gasteiger partial charge on any atom is 0.415 e. The van der Waals surface area contributed by atoms with Crippen LogP contribution in [0.5, 0.6) is 17.5 Å². The number of ether oxygens (including phenoxy) is 3. The van der Waals surface area contributed by atoms with Gasteiger partial charge in [0.15, 0.2) is 5.82 Å². The zero-order valence-electron chi connectivity index (χ0n) is 18.9. The van der Waals surface area contributed by atoms with E-state index in [4.69, 9.17) is 14.2 Å². The van der Waals surface area contributed by atoms with Crippen LogP contribution in [0.1, 0.15) is 31.9 Å². The van der Waals surface area contributed by atoms with Gasteiger partial charge in [-0.05, 0) is 45.0 Å². The van der Waals surface area contributed by atoms with Crippen LogP contribution in [0.15, 0.2) is 54.9 Å². The third-order valence-corrected chi connectivity index (χ3v) is 4.68. The van der Waals surface area contributed by atoms with Crippen LogP contribution in [-0.4, -0.2) is 32.7 Å². The second-order valence-corrected chi connectivity index (χ2v) is 8.53. The minimum absolute atomic E-state index is 0.0394. The van der Waals surface area contributed by atoms with Crippen LogP contribution in [0.3, 0.4) is 0 Å². The number of rotatable bonds is 5. The molecular weight excluding hydrogens is 443 g/mol. The maximum absolute atomic E-state index is 15.0. The van der Waals surface area contributed by atoms with Gasteiger partial charge in [-0.15, -0.1) is 0 Å². The van der Waals surface area contributed by atoms with Gasteiger partial charge in [-0.25, -0.2) is 23.9 Å². The van der Waals surface area contributed by atoms with Gasteiger partial charge in [-0.2, -0.15) is 0 Å². The number of nitrogens with zero attached hydrogens (tertiary/aromatic N) is 3. The normalized spacial score (nSPS) is 13.1. The summed E-state index contributed by atoms with van der Waals surface area (Å²) in [6, 6.07) is 11.4. The van der Waals surface area contributed by atoms with Crippen LogP contribution in [0.4, 0.5) is 19.7 Å². The number of aromatic nitrogens is 2. The number of hydrogen-bond acceptors (Lipinski definition) is 7. The molecular formula is C24H23FN4O5. The number of fused-ring (bicyclic) bond motifs is 1. The Kier molecular flexibility index (Phi) is 6.31. The SMILES string of the molecule is CC(C)(C)OC(=O)Nc1cccc(CN2Cc3ccc(Oc4ncccn4)cc3OC2=O)c1F. The van der Waals surface area contributed by atoms with E-state index in [1.54, 1.807) is 63.5 Å². The van der Waals surface area contributed by atoms with Crippen LogP contribution in [-0.2, 0) is 17.8 Å². The average molecular weight is 466 g/mol. The fraction of sp³-hybridized carbons (Fsp3) is 0.250. The second-order valence-electron chi connectivity index (χ2n) is 8.53. The quantitative estimate of drug-likeness (QED) is 0.546. The monoisotopic (exact) mass is 466 g/mol. The van der Waals surface area contributed by atoms with E-state index in [1.807, 2.05) is 0 Å². The zero-order valence-corrected chi connectivity index (χ0v) is 18.9. The molecule has 0 atom stereocenters. The van der Waals surface area contributed by atoms with Crippen molar-refractivity contribution in [2.75, 3.05) is 5.32 Å². The first-order chi connectivity index (χ1) is 16.2. The summed E-state index contributed by atoms with van der Waals surface area (Å²) >= 11 is 0. The van der Waals surface area contributed by atoms with Crippen molar-refractivity contribution in [1.82, 2.24) is 14.9 Å². The van der Waals surface area contributed by atoms with E-state index in [0.717, 1.165) is 5.56 Å². The molecule has 2 heterocycles. The number of hydrogen-bond donors (Lipinski definition) is 1. The van der Waals surface area contributed by atoms with Gasteiger partial charge < -0.3 is 14.2 Å². The van der Waals surface area contributed by atoms with E-state index in [-0.39, 0.29) is 30.4 Å². The lowest BCUT2D eigenvalue weighted by Crippen LogP contribution is -2.36. The fourth-order valence-corrected chi connectivity index (χ4v) is 3.23. The standard InChI is InChI=1S/C24H23FN4O5/c1-24(2,3)34-22(30)28-18-7-4-6-16(20(18)25)14-29-13-15-8-9-17(12-19(15)33-23(29)31)32-21-26-10-5-11-27-21/h4-12H,13-14H2,1-3H3,(H,28,30). The highest BCUT2D eigenvalue weighted by molar-refractivity contribution is 5.85. The Labute approximate surface area is 195 Å². The smallest absolute Gasteiger partial charge is 0.415 e. The van der Waals surface area contributed by atoms with Gasteiger partial charge in [0.25, 0.3) is 0 Å². The summed E-state index contributed by atoms with van der Waals surface area (Å²) in [4.78, 5) is 33.9. The first kappa shape index (κ1) is 23.0. The number of halogens is 1. The van der Waals surface area contributed by atoms with E-state index in [0.29, 0.717) is 11.5 Å². The molecule has 0 saturated heterocycles. The molecule has 9 nitrogen and oxygen atoms in total. The Morgan fingerprint density at radius 1 is 1.18 bits per heavy atom. The largest absolute Gasteiger partial charge is 0.444 e. The van der Waals surface area contributed by atoms with E-state index in [2.05, 4.69) is 15.3 Å². The molecule has 34 heavy (non-hydrogen) atoms. The molecule has 1 aliphatic heterocycles. The van der Waals surface area contributed by atoms with E-state index < -0.39 is 23.6 Å². The molecule has 0 radical (unpaired) electrons. The summed E-state index contributed by atoms with van der Waals surface area (Å²) in [5.41, 5.74) is 0.184. The molecule has 0 fully saturated rings. The number of nitrogens with one attached hydrogen (secondary N) is 1. The van der Waals surface area contributed by atoms with Gasteiger partial charge in [0.05, 0.1) is 18.8 Å². The second kappa shape index (κ2) is 9.34. The highest BCUT2D eigenvalue weighted by Crippen LogP contribution is 2.32. The van der Waals surface area contributed by atoms with Gasteiger partial charge >= 0.3 is 18.2 Å². The number of amides is 2. The lowest BCUT2D eigenvalue weighted by atomic mass is 10.1. The Morgan fingerprint density at radius 3 is 2.68 bits per heavy atom. The van der Waals surface area contributed by atoms with E-state index >= 15 is 4.39 Å². The van der Waals surface area contributed by atoms with Crippen molar-refractivity contribution in [3.8, 4) is 17.5 Å². The predicted octanol–water partition coefficient (Wildman–Crippen LogP) is 5.27. The number of carbonyl (C=O) groups is 2. The molecule has 10 heteroatoms. The van der Waals surface area contributed by atoms with Crippen molar-refractivity contribution in [2.45, 2.75) is 39.5 Å².